The second-order valence-electron chi connectivity index (χ2n) is 5.23. The third-order valence-electron chi connectivity index (χ3n) is 3.56. The molecule has 0 aliphatic carbocycles. The second-order valence-corrected chi connectivity index (χ2v) is 5.23. The predicted molar refractivity (Wildman–Crippen MR) is 100 cm³/mol. The van der Waals surface area contributed by atoms with Gasteiger partial charge in [0.15, 0.2) is 11.5 Å². The highest BCUT2D eigenvalue weighted by Crippen LogP contribution is 2.30. The summed E-state index contributed by atoms with van der Waals surface area (Å²) in [5, 5.41) is 2.68. The van der Waals surface area contributed by atoms with E-state index in [9.17, 15) is 9.59 Å². The maximum absolute atomic E-state index is 12.3. The van der Waals surface area contributed by atoms with Crippen LogP contribution >= 0.6 is 0 Å². The number of methoxy groups -OCH3 is 2. The van der Waals surface area contributed by atoms with Crippen molar-refractivity contribution in [1.82, 2.24) is 5.32 Å². The van der Waals surface area contributed by atoms with Crippen LogP contribution in [0.3, 0.4) is 0 Å². The first-order chi connectivity index (χ1) is 13.1. The van der Waals surface area contributed by atoms with Gasteiger partial charge in [0.25, 0.3) is 11.8 Å². The molecule has 0 saturated heterocycles. The van der Waals surface area contributed by atoms with Crippen LogP contribution in [-0.4, -0.2) is 39.2 Å². The van der Waals surface area contributed by atoms with E-state index in [1.165, 1.54) is 14.2 Å². The molecule has 0 spiro atoms. The van der Waals surface area contributed by atoms with Gasteiger partial charge in [-0.15, -0.1) is 0 Å². The van der Waals surface area contributed by atoms with Crippen molar-refractivity contribution >= 4 is 11.8 Å². The minimum atomic E-state index is -0.571. The highest BCUT2D eigenvalue weighted by molar-refractivity contribution is 5.98. The molecule has 0 fully saturated rings. The number of ether oxygens (including phenoxy) is 3. The number of benzene rings is 2. The molecular weight excluding hydrogens is 348 g/mol. The standard InChI is InChI=1S/C20H20N2O5/c1-25-17-11-7-9-15(18(17)26-2)20(24)22-12-5-6-13-27-16-10-4-3-8-14(16)19(21)23/h3-4,7-11H,12-13H2,1-2H3,(H2,21,23)(H,22,24). The molecule has 2 aromatic carbocycles. The van der Waals surface area contributed by atoms with Crippen LogP contribution in [0, 0.1) is 11.8 Å². The summed E-state index contributed by atoms with van der Waals surface area (Å²) < 4.78 is 15.8. The van der Waals surface area contributed by atoms with Gasteiger partial charge >= 0.3 is 0 Å². The Labute approximate surface area is 157 Å². The molecule has 140 valence electrons. The Hall–Kier alpha value is -3.66. The van der Waals surface area contributed by atoms with E-state index < -0.39 is 5.91 Å². The molecule has 3 N–H and O–H groups in total. The van der Waals surface area contributed by atoms with Gasteiger partial charge in [0, 0.05) is 0 Å². The van der Waals surface area contributed by atoms with Crippen molar-refractivity contribution < 1.29 is 23.8 Å². The molecule has 0 aliphatic heterocycles. The van der Waals surface area contributed by atoms with Crippen molar-refractivity contribution in [3.8, 4) is 29.1 Å². The van der Waals surface area contributed by atoms with Gasteiger partial charge in [-0.05, 0) is 24.3 Å². The highest BCUT2D eigenvalue weighted by Gasteiger charge is 2.15. The zero-order valence-corrected chi connectivity index (χ0v) is 15.1. The van der Waals surface area contributed by atoms with Crippen LogP contribution in [0.5, 0.6) is 17.2 Å². The maximum Gasteiger partial charge on any atom is 0.255 e. The van der Waals surface area contributed by atoms with Crippen molar-refractivity contribution in [1.29, 1.82) is 0 Å². The number of rotatable bonds is 7. The van der Waals surface area contributed by atoms with Gasteiger partial charge in [-0.2, -0.15) is 0 Å². The van der Waals surface area contributed by atoms with E-state index in [1.807, 2.05) is 0 Å². The maximum atomic E-state index is 12.3. The number of hydrogen-bond acceptors (Lipinski definition) is 5. The zero-order valence-electron chi connectivity index (χ0n) is 15.1. The fraction of sp³-hybridized carbons (Fsp3) is 0.200. The number of carbonyl (C=O) groups is 2. The Kier molecular flexibility index (Phi) is 7.08. The first kappa shape index (κ1) is 19.7. The molecule has 0 unspecified atom stereocenters. The van der Waals surface area contributed by atoms with E-state index in [-0.39, 0.29) is 24.6 Å². The summed E-state index contributed by atoms with van der Waals surface area (Å²) >= 11 is 0. The van der Waals surface area contributed by atoms with Crippen LogP contribution in [0.4, 0.5) is 0 Å². The molecule has 27 heavy (non-hydrogen) atoms. The van der Waals surface area contributed by atoms with E-state index in [4.69, 9.17) is 19.9 Å². The number of amides is 2. The van der Waals surface area contributed by atoms with E-state index in [0.717, 1.165) is 0 Å². The van der Waals surface area contributed by atoms with Gasteiger partial charge in [0.1, 0.15) is 12.4 Å². The van der Waals surface area contributed by atoms with Crippen molar-refractivity contribution in [3.63, 3.8) is 0 Å². The smallest absolute Gasteiger partial charge is 0.255 e. The predicted octanol–water partition coefficient (Wildman–Crippen LogP) is 1.61. The lowest BCUT2D eigenvalue weighted by atomic mass is 10.1. The van der Waals surface area contributed by atoms with E-state index in [0.29, 0.717) is 22.8 Å². The first-order valence-electron chi connectivity index (χ1n) is 8.05. The van der Waals surface area contributed by atoms with Crippen LogP contribution in [0.1, 0.15) is 20.7 Å². The SMILES string of the molecule is COc1cccc(C(=O)NCC#CCOc2ccccc2C(N)=O)c1OC. The molecular formula is C20H20N2O5. The van der Waals surface area contributed by atoms with Crippen molar-refractivity contribution in [2.24, 2.45) is 5.73 Å². The Balaban J connectivity index is 1.90. The molecule has 0 aromatic heterocycles. The summed E-state index contributed by atoms with van der Waals surface area (Å²) in [4.78, 5) is 23.6. The molecule has 2 rings (SSSR count). The fourth-order valence-electron chi connectivity index (χ4n) is 2.31. The molecule has 0 heterocycles. The van der Waals surface area contributed by atoms with Gasteiger partial charge in [-0.3, -0.25) is 9.59 Å². The van der Waals surface area contributed by atoms with Crippen molar-refractivity contribution in [2.45, 2.75) is 0 Å². The average Bonchev–Trinajstić information content (AvgIpc) is 2.69. The Morgan fingerprint density at radius 3 is 2.37 bits per heavy atom. The van der Waals surface area contributed by atoms with Crippen LogP contribution in [0.2, 0.25) is 0 Å². The summed E-state index contributed by atoms with van der Waals surface area (Å²) in [5.41, 5.74) is 5.92. The van der Waals surface area contributed by atoms with E-state index in [2.05, 4.69) is 17.2 Å². The molecule has 0 radical (unpaired) electrons. The van der Waals surface area contributed by atoms with Crippen molar-refractivity contribution in [3.05, 3.63) is 53.6 Å². The molecule has 0 aliphatic rings. The van der Waals surface area contributed by atoms with Gasteiger partial charge < -0.3 is 25.3 Å². The summed E-state index contributed by atoms with van der Waals surface area (Å²) in [5.74, 6) is 5.83. The molecule has 0 saturated carbocycles. The van der Waals surface area contributed by atoms with Gasteiger partial charge in [-0.1, -0.05) is 30.0 Å². The summed E-state index contributed by atoms with van der Waals surface area (Å²) in [6, 6.07) is 11.7. The number of carbonyl (C=O) groups excluding carboxylic acids is 2. The fourth-order valence-corrected chi connectivity index (χ4v) is 2.31. The lowest BCUT2D eigenvalue weighted by molar-refractivity contribution is 0.0953. The average molecular weight is 368 g/mol. The monoisotopic (exact) mass is 368 g/mol. The van der Waals surface area contributed by atoms with E-state index in [1.54, 1.807) is 42.5 Å². The lowest BCUT2D eigenvalue weighted by Crippen LogP contribution is -2.24. The van der Waals surface area contributed by atoms with Gasteiger partial charge in [0.05, 0.1) is 31.9 Å². The van der Waals surface area contributed by atoms with Gasteiger partial charge in [0.2, 0.25) is 0 Å². The third kappa shape index (κ3) is 5.16. The normalized spacial score (nSPS) is 9.56. The summed E-state index contributed by atoms with van der Waals surface area (Å²) in [6.45, 7) is 0.183. The Bertz CT molecular complexity index is 883. The first-order valence-corrected chi connectivity index (χ1v) is 8.05. The topological polar surface area (TPSA) is 99.9 Å². The number of primary amides is 1. The van der Waals surface area contributed by atoms with Crippen LogP contribution < -0.4 is 25.3 Å². The molecule has 7 nitrogen and oxygen atoms in total. The minimum Gasteiger partial charge on any atom is -0.493 e. The summed E-state index contributed by atoms with van der Waals surface area (Å²) in [7, 11) is 2.97. The van der Waals surface area contributed by atoms with Gasteiger partial charge in [-0.25, -0.2) is 0 Å². The van der Waals surface area contributed by atoms with Crippen molar-refractivity contribution in [2.75, 3.05) is 27.4 Å². The molecule has 2 aromatic rings. The third-order valence-corrected chi connectivity index (χ3v) is 3.56. The second kappa shape index (κ2) is 9.73. The lowest BCUT2D eigenvalue weighted by Gasteiger charge is -2.11. The van der Waals surface area contributed by atoms with Crippen LogP contribution in [0.15, 0.2) is 42.5 Å². The Morgan fingerprint density at radius 2 is 1.67 bits per heavy atom. The molecule has 2 amide bonds. The number of hydrogen-bond donors (Lipinski definition) is 2. The minimum absolute atomic E-state index is 0.0582. The Morgan fingerprint density at radius 1 is 0.963 bits per heavy atom. The molecule has 0 bridgehead atoms. The zero-order chi connectivity index (χ0) is 19.6. The molecule has 0 atom stereocenters. The van der Waals surface area contributed by atoms with Crippen LogP contribution in [-0.2, 0) is 0 Å². The molecule has 7 heteroatoms. The van der Waals surface area contributed by atoms with Crippen LogP contribution in [0.25, 0.3) is 0 Å². The largest absolute Gasteiger partial charge is 0.493 e. The highest BCUT2D eigenvalue weighted by atomic mass is 16.5. The summed E-state index contributed by atoms with van der Waals surface area (Å²) in [6.07, 6.45) is 0. The quantitative estimate of drug-likeness (QED) is 0.724. The number of nitrogens with one attached hydrogen (secondary N) is 1. The number of nitrogens with two attached hydrogens (primary N) is 1. The number of para-hydroxylation sites is 2. The van der Waals surface area contributed by atoms with E-state index >= 15 is 0 Å².